The fourth-order valence-corrected chi connectivity index (χ4v) is 0. The molecule has 24 valence electrons. The van der Waals surface area contributed by atoms with Gasteiger partial charge in [0.1, 0.15) is 0 Å². The van der Waals surface area contributed by atoms with Crippen LogP contribution in [0.2, 0.25) is 0 Å². The molecule has 4 heavy (non-hydrogen) atoms. The van der Waals surface area contributed by atoms with Crippen LogP contribution in [0.5, 0.6) is 0 Å². The zero-order chi connectivity index (χ0) is 2.00. The van der Waals surface area contributed by atoms with Crippen LogP contribution in [0, 0.1) is 0 Å². The fourth-order valence-electron chi connectivity index (χ4n) is 0. The topological polar surface area (TPSA) is 0 Å². The number of halogens is 2. The van der Waals surface area contributed by atoms with Crippen LogP contribution in [-0.2, 0) is 0 Å². The van der Waals surface area contributed by atoms with Crippen molar-refractivity contribution in [3.05, 3.63) is 0 Å². The molecule has 0 aromatic carbocycles. The van der Waals surface area contributed by atoms with Gasteiger partial charge in [0.05, 0.1) is 0 Å². The third kappa shape index (κ3) is 8.84. The van der Waals surface area contributed by atoms with Gasteiger partial charge in [-0.3, -0.25) is 10.0 Å². The van der Waals surface area contributed by atoms with Crippen LogP contribution in [-0.4, -0.2) is 53.1 Å². The van der Waals surface area contributed by atoms with Crippen LogP contribution in [0.4, 0.5) is 0 Å². The third-order valence-electron chi connectivity index (χ3n) is 0. The van der Waals surface area contributed by atoms with Crippen LogP contribution in [0.3, 0.4) is 0 Å². The van der Waals surface area contributed by atoms with Crippen molar-refractivity contribution in [1.82, 2.24) is 0 Å². The summed E-state index contributed by atoms with van der Waals surface area (Å²) in [7, 11) is 4.78. The van der Waals surface area contributed by atoms with Gasteiger partial charge >= 0.3 is 53.1 Å². The van der Waals surface area contributed by atoms with Crippen LogP contribution < -0.4 is 0 Å². The molecule has 0 saturated heterocycles. The van der Waals surface area contributed by atoms with E-state index < -0.39 is 0 Å². The Kier molecular flexibility index (Phi) is 73.8. The first-order chi connectivity index (χ1) is 1.00. The van der Waals surface area contributed by atoms with Gasteiger partial charge in [-0.1, -0.05) is 0 Å². The van der Waals surface area contributed by atoms with Crippen LogP contribution in [0.1, 0.15) is 0 Å². The summed E-state index contributed by atoms with van der Waals surface area (Å²) < 4.78 is 0. The van der Waals surface area contributed by atoms with Crippen molar-refractivity contribution < 1.29 is 0 Å². The SMILES string of the molecule is Cl.[AlH2][Cl].[CaH2]. The minimum absolute atomic E-state index is 0. The molecule has 0 amide bonds. The fraction of sp³-hybridized carbons (Fsp3) is 0. The van der Waals surface area contributed by atoms with Gasteiger partial charge in [-0.05, 0) is 0 Å². The first kappa shape index (κ1) is 16.2. The second-order valence-corrected chi connectivity index (χ2v) is 0. The molecule has 0 aliphatic carbocycles. The molecule has 0 atom stereocenters. The Balaban J connectivity index is -0.00000000500. The predicted octanol–water partition coefficient (Wildman–Crippen LogP) is -0.721. The first-order valence-corrected chi connectivity index (χ1v) is 3.40. The molecule has 0 aromatic rings. The molecule has 4 heteroatoms. The summed E-state index contributed by atoms with van der Waals surface area (Å²) >= 11 is 0.778. The van der Waals surface area contributed by atoms with E-state index in [4.69, 9.17) is 10.0 Å². The Morgan fingerprint density at radius 3 is 1.25 bits per heavy atom. The predicted molar refractivity (Wildman–Crippen MR) is 30.2 cm³/mol. The Morgan fingerprint density at radius 1 is 1.25 bits per heavy atom. The van der Waals surface area contributed by atoms with Gasteiger partial charge < -0.3 is 0 Å². The van der Waals surface area contributed by atoms with E-state index in [2.05, 4.69) is 0 Å². The molecule has 0 bridgehead atoms. The maximum absolute atomic E-state index is 4.78. The molecule has 0 rings (SSSR count). The van der Waals surface area contributed by atoms with Crippen molar-refractivity contribution in [2.75, 3.05) is 0 Å². The van der Waals surface area contributed by atoms with Gasteiger partial charge in [-0.15, -0.1) is 12.4 Å². The summed E-state index contributed by atoms with van der Waals surface area (Å²) in [5.41, 5.74) is 0. The Bertz CT molecular complexity index is 6.00. The second kappa shape index (κ2) is 18.2. The maximum atomic E-state index is 4.78. The van der Waals surface area contributed by atoms with Crippen LogP contribution >= 0.6 is 22.5 Å². The summed E-state index contributed by atoms with van der Waals surface area (Å²) in [5, 5.41) is 0. The number of hydrogen-bond donors (Lipinski definition) is 0. The van der Waals surface area contributed by atoms with Gasteiger partial charge in [-0.25, -0.2) is 0 Å². The van der Waals surface area contributed by atoms with Gasteiger partial charge in [0.2, 0.25) is 0 Å². The molecule has 0 nitrogen and oxygen atoms in total. The van der Waals surface area contributed by atoms with E-state index in [-0.39, 0.29) is 50.1 Å². The van der Waals surface area contributed by atoms with Gasteiger partial charge in [0.15, 0.2) is 0 Å². The summed E-state index contributed by atoms with van der Waals surface area (Å²) in [6, 6.07) is 0. The molecule has 0 saturated carbocycles. The Hall–Kier alpha value is 2.37. The van der Waals surface area contributed by atoms with Crippen molar-refractivity contribution in [3.8, 4) is 0 Å². The summed E-state index contributed by atoms with van der Waals surface area (Å²) in [4.78, 5) is 0. The zero-order valence-electron chi connectivity index (χ0n) is 1.79. The van der Waals surface area contributed by atoms with Crippen molar-refractivity contribution in [1.29, 1.82) is 0 Å². The molecule has 0 unspecified atom stereocenters. The van der Waals surface area contributed by atoms with Crippen molar-refractivity contribution >= 4 is 75.6 Å². The van der Waals surface area contributed by atoms with E-state index in [1.165, 1.54) is 0 Å². The molecule has 0 aliphatic rings. The van der Waals surface area contributed by atoms with Gasteiger partial charge in [0, 0.05) is 0 Å². The average molecular weight is 143 g/mol. The molecule has 0 N–H and O–H groups in total. The molecule has 0 fully saturated rings. The van der Waals surface area contributed by atoms with Gasteiger partial charge in [-0.2, -0.15) is 0 Å². The summed E-state index contributed by atoms with van der Waals surface area (Å²) in [6.45, 7) is 0. The molecular weight excluding hydrogens is 138 g/mol. The molecule has 0 heterocycles. The van der Waals surface area contributed by atoms with E-state index in [0.717, 1.165) is 15.4 Å². The molecule has 0 radical (unpaired) electrons. The van der Waals surface area contributed by atoms with Gasteiger partial charge in [0.25, 0.3) is 0 Å². The number of rotatable bonds is 0. The van der Waals surface area contributed by atoms with Crippen LogP contribution in [0.15, 0.2) is 0 Å². The summed E-state index contributed by atoms with van der Waals surface area (Å²) in [5.74, 6) is 0. The average Bonchev–Trinajstić information content (AvgIpc) is 1.00. The van der Waals surface area contributed by atoms with Crippen molar-refractivity contribution in [2.45, 2.75) is 0 Å². The minimum atomic E-state index is 0. The first-order valence-electron chi connectivity index (χ1n) is 0.378. The monoisotopic (exact) mass is 142 g/mol. The van der Waals surface area contributed by atoms with Crippen molar-refractivity contribution in [2.24, 2.45) is 0 Å². The quantitative estimate of drug-likeness (QED) is 0.392. The standard InChI is InChI=1S/Al.Ca.2ClH.4H/h;;2*1H;;;;/q+1;;;;;;;/p-1. The van der Waals surface area contributed by atoms with E-state index in [0.29, 0.717) is 0 Å². The second-order valence-electron chi connectivity index (χ2n) is 0. The Morgan fingerprint density at radius 2 is 1.25 bits per heavy atom. The summed E-state index contributed by atoms with van der Waals surface area (Å²) in [6.07, 6.45) is 0. The van der Waals surface area contributed by atoms with Crippen molar-refractivity contribution in [3.63, 3.8) is 0 Å². The normalized spacial score (nSPS) is 1.25. The van der Waals surface area contributed by atoms with E-state index in [9.17, 15) is 0 Å². The van der Waals surface area contributed by atoms with E-state index in [1.54, 1.807) is 0 Å². The van der Waals surface area contributed by atoms with E-state index in [1.807, 2.05) is 0 Å². The molecule has 0 aromatic heterocycles. The number of hydrogen-bond acceptors (Lipinski definition) is 0. The molecule has 0 spiro atoms. The van der Waals surface area contributed by atoms with E-state index >= 15 is 0 Å². The Labute approximate surface area is 74.3 Å². The van der Waals surface area contributed by atoms with Crippen LogP contribution in [0.25, 0.3) is 0 Å². The molecular formula is H5AlCaCl2. The third-order valence-corrected chi connectivity index (χ3v) is 0. The zero-order valence-corrected chi connectivity index (χ0v) is 5.36. The molecule has 0 aliphatic heterocycles.